The largest absolute Gasteiger partial charge is 0.495 e. The number of piperidine rings is 1. The Morgan fingerprint density at radius 3 is 2.52 bits per heavy atom. The van der Waals surface area contributed by atoms with E-state index in [0.717, 1.165) is 25.4 Å². The number of hydrogen-bond acceptors (Lipinski definition) is 5. The van der Waals surface area contributed by atoms with Crippen LogP contribution in [0.25, 0.3) is 0 Å². The number of nitrogens with zero attached hydrogens (tertiary/aromatic N) is 2. The van der Waals surface area contributed by atoms with Crippen molar-refractivity contribution in [2.45, 2.75) is 37.0 Å². The first kappa shape index (κ1) is 20.6. The number of likely N-dealkylation sites (tertiary alicyclic amines) is 1. The lowest BCUT2D eigenvalue weighted by molar-refractivity contribution is 0.0520. The molecule has 2 atom stereocenters. The third-order valence-corrected chi connectivity index (χ3v) is 8.50. The fourth-order valence-electron chi connectivity index (χ4n) is 4.91. The Hall–Kier alpha value is -1.64. The van der Waals surface area contributed by atoms with Crippen LogP contribution < -0.4 is 4.74 Å². The number of carbonyl (C=O) groups excluding carboxylic acids is 1. The second-order valence-corrected chi connectivity index (χ2v) is 10.1. The molecule has 0 aromatic heterocycles. The fraction of sp³-hybridized carbons (Fsp3) is 0.667. The minimum absolute atomic E-state index is 0.0558. The van der Waals surface area contributed by atoms with Crippen LogP contribution in [0.2, 0.25) is 0 Å². The first-order valence-electron chi connectivity index (χ1n) is 10.6. The highest BCUT2D eigenvalue weighted by Crippen LogP contribution is 2.37. The zero-order valence-corrected chi connectivity index (χ0v) is 17.8. The van der Waals surface area contributed by atoms with Gasteiger partial charge in [-0.15, -0.1) is 0 Å². The summed E-state index contributed by atoms with van der Waals surface area (Å²) in [5, 5.41) is 0. The molecule has 0 spiro atoms. The molecule has 1 aromatic carbocycles. The molecule has 4 rings (SSSR count). The number of ether oxygens (including phenoxy) is 2. The Balaban J connectivity index is 1.58. The number of hydrogen-bond donors (Lipinski definition) is 0. The summed E-state index contributed by atoms with van der Waals surface area (Å²) in [6.45, 7) is 2.88. The van der Waals surface area contributed by atoms with Crippen LogP contribution in [-0.2, 0) is 14.8 Å². The molecule has 160 valence electrons. The van der Waals surface area contributed by atoms with E-state index in [9.17, 15) is 13.2 Å². The highest BCUT2D eigenvalue weighted by atomic mass is 32.2. The van der Waals surface area contributed by atoms with Gasteiger partial charge in [0.15, 0.2) is 0 Å². The van der Waals surface area contributed by atoms with E-state index < -0.39 is 10.0 Å². The van der Waals surface area contributed by atoms with Crippen LogP contribution in [-0.4, -0.2) is 70.0 Å². The van der Waals surface area contributed by atoms with E-state index in [1.165, 1.54) is 43.2 Å². The number of methoxy groups -OCH3 is 1. The molecule has 0 radical (unpaired) electrons. The third-order valence-electron chi connectivity index (χ3n) is 6.58. The third kappa shape index (κ3) is 4.15. The number of sulfonamides is 1. The van der Waals surface area contributed by atoms with Crippen molar-refractivity contribution in [2.75, 3.05) is 46.5 Å². The van der Waals surface area contributed by atoms with E-state index in [1.807, 2.05) is 4.90 Å². The van der Waals surface area contributed by atoms with Gasteiger partial charge in [-0.3, -0.25) is 4.79 Å². The summed E-state index contributed by atoms with van der Waals surface area (Å²) in [4.78, 5) is 15.1. The number of carbonyl (C=O) groups is 1. The predicted molar refractivity (Wildman–Crippen MR) is 109 cm³/mol. The molecule has 0 bridgehead atoms. The Bertz CT molecular complexity index is 851. The number of fused-ring (bicyclic) bond motifs is 1. The van der Waals surface area contributed by atoms with Crippen molar-refractivity contribution >= 4 is 15.9 Å². The number of rotatable bonds is 4. The Morgan fingerprint density at radius 2 is 1.79 bits per heavy atom. The van der Waals surface area contributed by atoms with Crippen molar-refractivity contribution in [2.24, 2.45) is 11.8 Å². The molecule has 7 nitrogen and oxygen atoms in total. The van der Waals surface area contributed by atoms with Gasteiger partial charge in [0.2, 0.25) is 10.0 Å². The summed E-state index contributed by atoms with van der Waals surface area (Å²) in [5.74, 6) is 1.49. The van der Waals surface area contributed by atoms with Crippen molar-refractivity contribution in [3.63, 3.8) is 0 Å². The lowest BCUT2D eigenvalue weighted by Crippen LogP contribution is -2.44. The maximum absolute atomic E-state index is 13.2. The van der Waals surface area contributed by atoms with Crippen LogP contribution in [0.15, 0.2) is 23.1 Å². The van der Waals surface area contributed by atoms with Crippen LogP contribution >= 0.6 is 0 Å². The van der Waals surface area contributed by atoms with Crippen molar-refractivity contribution in [1.29, 1.82) is 0 Å². The van der Waals surface area contributed by atoms with Gasteiger partial charge in [0.05, 0.1) is 20.3 Å². The molecule has 2 aliphatic heterocycles. The number of benzene rings is 1. The van der Waals surface area contributed by atoms with Crippen LogP contribution in [0, 0.1) is 11.8 Å². The summed E-state index contributed by atoms with van der Waals surface area (Å²) < 4.78 is 38.3. The van der Waals surface area contributed by atoms with E-state index in [-0.39, 0.29) is 16.6 Å². The smallest absolute Gasteiger partial charge is 0.253 e. The zero-order valence-electron chi connectivity index (χ0n) is 17.0. The molecule has 1 aliphatic carbocycles. The van der Waals surface area contributed by atoms with Gasteiger partial charge in [0.25, 0.3) is 5.91 Å². The van der Waals surface area contributed by atoms with Crippen molar-refractivity contribution in [3.8, 4) is 5.75 Å². The minimum atomic E-state index is -3.75. The van der Waals surface area contributed by atoms with Gasteiger partial charge in [-0.1, -0.05) is 19.3 Å². The van der Waals surface area contributed by atoms with Gasteiger partial charge >= 0.3 is 0 Å². The lowest BCUT2D eigenvalue weighted by atomic mass is 9.75. The molecule has 0 unspecified atom stereocenters. The maximum Gasteiger partial charge on any atom is 0.253 e. The van der Waals surface area contributed by atoms with E-state index in [1.54, 1.807) is 12.1 Å². The molecular weight excluding hydrogens is 392 g/mol. The van der Waals surface area contributed by atoms with E-state index in [2.05, 4.69) is 0 Å². The molecule has 2 heterocycles. The maximum atomic E-state index is 13.2. The molecular formula is C21H30N2O5S. The molecule has 29 heavy (non-hydrogen) atoms. The van der Waals surface area contributed by atoms with Crippen molar-refractivity contribution < 1.29 is 22.7 Å². The minimum Gasteiger partial charge on any atom is -0.495 e. The van der Waals surface area contributed by atoms with Crippen LogP contribution in [0.4, 0.5) is 0 Å². The normalized spacial score (nSPS) is 26.0. The molecule has 3 aliphatic rings. The molecule has 1 amide bonds. The van der Waals surface area contributed by atoms with E-state index >= 15 is 0 Å². The standard InChI is InChI=1S/C21H30N2O5S/c1-27-19-7-6-17(14-20(19)29(25,26)23-10-12-28-13-11-23)21(24)22-9-8-16-4-2-3-5-18(16)15-22/h6-7,14,16,18H,2-5,8-13,15H2,1H3/t16-,18-/m0/s1. The van der Waals surface area contributed by atoms with Crippen molar-refractivity contribution in [3.05, 3.63) is 23.8 Å². The van der Waals surface area contributed by atoms with E-state index in [0.29, 0.717) is 37.8 Å². The second-order valence-electron chi connectivity index (χ2n) is 8.23. The molecule has 0 N–H and O–H groups in total. The Kier molecular flexibility index (Phi) is 6.13. The van der Waals surface area contributed by atoms with Gasteiger partial charge in [0.1, 0.15) is 10.6 Å². The van der Waals surface area contributed by atoms with Crippen LogP contribution in [0.5, 0.6) is 5.75 Å². The monoisotopic (exact) mass is 422 g/mol. The van der Waals surface area contributed by atoms with E-state index in [4.69, 9.17) is 9.47 Å². The van der Waals surface area contributed by atoms with Gasteiger partial charge in [-0.2, -0.15) is 4.31 Å². The highest BCUT2D eigenvalue weighted by molar-refractivity contribution is 7.89. The second kappa shape index (κ2) is 8.62. The quantitative estimate of drug-likeness (QED) is 0.745. The molecule has 1 aromatic rings. The highest BCUT2D eigenvalue weighted by Gasteiger charge is 2.34. The first-order valence-corrected chi connectivity index (χ1v) is 12.0. The summed E-state index contributed by atoms with van der Waals surface area (Å²) in [7, 11) is -2.31. The fourth-order valence-corrected chi connectivity index (χ4v) is 6.49. The zero-order chi connectivity index (χ0) is 20.4. The summed E-state index contributed by atoms with van der Waals surface area (Å²) in [5.41, 5.74) is 0.409. The molecule has 3 fully saturated rings. The SMILES string of the molecule is COc1ccc(C(=O)N2CC[C@@H]3CCCC[C@H]3C2)cc1S(=O)(=O)N1CCOCC1. The van der Waals surface area contributed by atoms with Gasteiger partial charge in [-0.25, -0.2) is 8.42 Å². The van der Waals surface area contributed by atoms with Gasteiger partial charge < -0.3 is 14.4 Å². The Labute approximate surface area is 173 Å². The average Bonchev–Trinajstić information content (AvgIpc) is 2.78. The number of morpholine rings is 1. The van der Waals surface area contributed by atoms with Crippen molar-refractivity contribution in [1.82, 2.24) is 9.21 Å². The van der Waals surface area contributed by atoms with Gasteiger partial charge in [0, 0.05) is 31.7 Å². The summed E-state index contributed by atoms with van der Waals surface area (Å²) in [6.07, 6.45) is 6.06. The number of amides is 1. The topological polar surface area (TPSA) is 76.2 Å². The molecule has 8 heteroatoms. The molecule has 2 saturated heterocycles. The van der Waals surface area contributed by atoms with Crippen LogP contribution in [0.1, 0.15) is 42.5 Å². The first-order chi connectivity index (χ1) is 14.0. The average molecular weight is 423 g/mol. The summed E-state index contributed by atoms with van der Waals surface area (Å²) >= 11 is 0. The summed E-state index contributed by atoms with van der Waals surface area (Å²) in [6, 6.07) is 4.75. The van der Waals surface area contributed by atoms with Gasteiger partial charge in [-0.05, 0) is 42.9 Å². The Morgan fingerprint density at radius 1 is 1.07 bits per heavy atom. The lowest BCUT2D eigenvalue weighted by Gasteiger charge is -2.41. The predicted octanol–water partition coefficient (Wildman–Crippen LogP) is 2.37. The van der Waals surface area contributed by atoms with Crippen LogP contribution in [0.3, 0.4) is 0 Å². The molecule has 1 saturated carbocycles.